The fraction of sp³-hybridized carbons (Fsp3) is 0.400. The maximum absolute atomic E-state index is 6.05. The summed E-state index contributed by atoms with van der Waals surface area (Å²) in [6.45, 7) is 4.14. The SMILES string of the molecule is CC(C)c1nn(C)c(Sc2ncco2)c1N. The average molecular weight is 238 g/mol. The molecule has 5 nitrogen and oxygen atoms in total. The van der Waals surface area contributed by atoms with Crippen molar-refractivity contribution < 1.29 is 4.42 Å². The van der Waals surface area contributed by atoms with E-state index in [-0.39, 0.29) is 0 Å². The summed E-state index contributed by atoms with van der Waals surface area (Å²) < 4.78 is 6.94. The van der Waals surface area contributed by atoms with Gasteiger partial charge in [0.25, 0.3) is 5.22 Å². The average Bonchev–Trinajstić information content (AvgIpc) is 2.81. The van der Waals surface area contributed by atoms with E-state index in [1.165, 1.54) is 18.0 Å². The summed E-state index contributed by atoms with van der Waals surface area (Å²) in [5.74, 6) is 0.310. The molecular formula is C10H14N4OS. The van der Waals surface area contributed by atoms with Gasteiger partial charge in [-0.15, -0.1) is 0 Å². The van der Waals surface area contributed by atoms with Crippen molar-refractivity contribution in [3.05, 3.63) is 18.2 Å². The third-order valence-electron chi connectivity index (χ3n) is 2.20. The summed E-state index contributed by atoms with van der Waals surface area (Å²) in [5, 5.41) is 5.83. The second-order valence-electron chi connectivity index (χ2n) is 3.78. The van der Waals surface area contributed by atoms with E-state index in [0.717, 1.165) is 10.7 Å². The summed E-state index contributed by atoms with van der Waals surface area (Å²) in [4.78, 5) is 4.05. The predicted molar refractivity (Wildman–Crippen MR) is 62.3 cm³/mol. The smallest absolute Gasteiger partial charge is 0.262 e. The lowest BCUT2D eigenvalue weighted by Crippen LogP contribution is -1.94. The van der Waals surface area contributed by atoms with Crippen molar-refractivity contribution in [1.82, 2.24) is 14.8 Å². The normalized spacial score (nSPS) is 11.2. The van der Waals surface area contributed by atoms with Crippen LogP contribution in [-0.2, 0) is 7.05 Å². The van der Waals surface area contributed by atoms with E-state index in [0.29, 0.717) is 16.8 Å². The van der Waals surface area contributed by atoms with Gasteiger partial charge in [0.05, 0.1) is 17.6 Å². The van der Waals surface area contributed by atoms with Crippen LogP contribution in [-0.4, -0.2) is 14.8 Å². The van der Waals surface area contributed by atoms with Gasteiger partial charge in [-0.3, -0.25) is 4.68 Å². The third-order valence-corrected chi connectivity index (χ3v) is 3.25. The minimum atomic E-state index is 0.310. The van der Waals surface area contributed by atoms with Crippen LogP contribution in [0.25, 0.3) is 0 Å². The Balaban J connectivity index is 2.34. The first-order valence-corrected chi connectivity index (χ1v) is 5.81. The minimum absolute atomic E-state index is 0.310. The molecule has 2 heterocycles. The number of hydrogen-bond donors (Lipinski definition) is 1. The van der Waals surface area contributed by atoms with Gasteiger partial charge in [-0.2, -0.15) is 5.10 Å². The number of nitrogen functional groups attached to an aromatic ring is 1. The van der Waals surface area contributed by atoms with Crippen molar-refractivity contribution in [2.45, 2.75) is 30.0 Å². The van der Waals surface area contributed by atoms with Crippen LogP contribution in [0.5, 0.6) is 0 Å². The van der Waals surface area contributed by atoms with Gasteiger partial charge >= 0.3 is 0 Å². The molecule has 0 fully saturated rings. The molecule has 0 spiro atoms. The number of aromatic nitrogens is 3. The van der Waals surface area contributed by atoms with E-state index in [4.69, 9.17) is 10.2 Å². The van der Waals surface area contributed by atoms with Gasteiger partial charge in [-0.25, -0.2) is 4.98 Å². The van der Waals surface area contributed by atoms with Crippen molar-refractivity contribution in [3.63, 3.8) is 0 Å². The summed E-state index contributed by atoms with van der Waals surface area (Å²) in [6, 6.07) is 0. The van der Waals surface area contributed by atoms with Crippen LogP contribution in [0.3, 0.4) is 0 Å². The Morgan fingerprint density at radius 2 is 2.25 bits per heavy atom. The van der Waals surface area contributed by atoms with Crippen LogP contribution < -0.4 is 5.73 Å². The fourth-order valence-corrected chi connectivity index (χ4v) is 2.21. The summed E-state index contributed by atoms with van der Waals surface area (Å²) in [5.41, 5.74) is 7.67. The highest BCUT2D eigenvalue weighted by molar-refractivity contribution is 7.99. The number of oxazole rings is 1. The van der Waals surface area contributed by atoms with Crippen molar-refractivity contribution >= 4 is 17.4 Å². The van der Waals surface area contributed by atoms with E-state index >= 15 is 0 Å². The van der Waals surface area contributed by atoms with Crippen molar-refractivity contribution in [2.24, 2.45) is 7.05 Å². The van der Waals surface area contributed by atoms with Gasteiger partial charge < -0.3 is 10.2 Å². The molecule has 6 heteroatoms. The molecule has 0 aliphatic carbocycles. The Bertz CT molecular complexity index is 475. The summed E-state index contributed by atoms with van der Waals surface area (Å²) >= 11 is 1.38. The van der Waals surface area contributed by atoms with E-state index in [1.807, 2.05) is 7.05 Å². The second-order valence-corrected chi connectivity index (χ2v) is 4.72. The topological polar surface area (TPSA) is 69.9 Å². The first-order chi connectivity index (χ1) is 7.59. The highest BCUT2D eigenvalue weighted by Gasteiger charge is 2.18. The highest BCUT2D eigenvalue weighted by atomic mass is 32.2. The molecule has 0 amide bonds. The van der Waals surface area contributed by atoms with Crippen LogP contribution in [0.1, 0.15) is 25.5 Å². The molecule has 0 bridgehead atoms. The number of hydrogen-bond acceptors (Lipinski definition) is 5. The molecule has 0 radical (unpaired) electrons. The lowest BCUT2D eigenvalue weighted by molar-refractivity contribution is 0.453. The van der Waals surface area contributed by atoms with Crippen LogP contribution in [0, 0.1) is 0 Å². The summed E-state index contributed by atoms with van der Waals surface area (Å²) in [7, 11) is 1.87. The molecule has 0 saturated heterocycles. The first kappa shape index (κ1) is 11.1. The van der Waals surface area contributed by atoms with Gasteiger partial charge in [0.1, 0.15) is 11.3 Å². The molecule has 2 rings (SSSR count). The van der Waals surface area contributed by atoms with Gasteiger partial charge in [0.15, 0.2) is 0 Å². The largest absolute Gasteiger partial charge is 0.440 e. The van der Waals surface area contributed by atoms with Crippen molar-refractivity contribution in [3.8, 4) is 0 Å². The Hall–Kier alpha value is -1.43. The van der Waals surface area contributed by atoms with Crippen LogP contribution in [0.2, 0.25) is 0 Å². The number of anilines is 1. The molecule has 0 aliphatic rings. The molecule has 0 saturated carbocycles. The Morgan fingerprint density at radius 1 is 1.50 bits per heavy atom. The zero-order valence-electron chi connectivity index (χ0n) is 9.47. The third kappa shape index (κ3) is 1.92. The molecule has 0 aromatic carbocycles. The molecule has 86 valence electrons. The Kier molecular flexibility index (Phi) is 2.91. The quantitative estimate of drug-likeness (QED) is 0.888. The van der Waals surface area contributed by atoms with Crippen LogP contribution >= 0.6 is 11.8 Å². The van der Waals surface area contributed by atoms with E-state index in [9.17, 15) is 0 Å². The molecular weight excluding hydrogens is 224 g/mol. The van der Waals surface area contributed by atoms with E-state index in [2.05, 4.69) is 23.9 Å². The predicted octanol–water partition coefficient (Wildman–Crippen LogP) is 2.26. The van der Waals surface area contributed by atoms with E-state index in [1.54, 1.807) is 10.9 Å². The molecule has 0 aliphatic heterocycles. The Labute approximate surface area is 98.0 Å². The lowest BCUT2D eigenvalue weighted by Gasteiger charge is -2.00. The van der Waals surface area contributed by atoms with Crippen molar-refractivity contribution in [2.75, 3.05) is 5.73 Å². The molecule has 0 atom stereocenters. The maximum Gasteiger partial charge on any atom is 0.262 e. The van der Waals surface area contributed by atoms with Crippen molar-refractivity contribution in [1.29, 1.82) is 0 Å². The number of nitrogens with two attached hydrogens (primary N) is 1. The highest BCUT2D eigenvalue weighted by Crippen LogP contribution is 2.34. The first-order valence-electron chi connectivity index (χ1n) is 4.99. The maximum atomic E-state index is 6.05. The molecule has 2 N–H and O–H groups in total. The zero-order valence-corrected chi connectivity index (χ0v) is 10.3. The molecule has 2 aromatic heterocycles. The van der Waals surface area contributed by atoms with Gasteiger partial charge in [0.2, 0.25) is 0 Å². The monoisotopic (exact) mass is 238 g/mol. The van der Waals surface area contributed by atoms with Crippen LogP contribution in [0.15, 0.2) is 27.1 Å². The molecule has 16 heavy (non-hydrogen) atoms. The molecule has 2 aromatic rings. The minimum Gasteiger partial charge on any atom is -0.440 e. The lowest BCUT2D eigenvalue weighted by atomic mass is 10.1. The standard InChI is InChI=1S/C10H14N4OS/c1-6(2)8-7(11)9(14(3)13-8)16-10-12-4-5-15-10/h4-6H,11H2,1-3H3. The van der Waals surface area contributed by atoms with Gasteiger partial charge in [-0.1, -0.05) is 13.8 Å². The van der Waals surface area contributed by atoms with Gasteiger partial charge in [0, 0.05) is 7.05 Å². The number of nitrogens with zero attached hydrogens (tertiary/aromatic N) is 3. The fourth-order valence-electron chi connectivity index (χ4n) is 1.44. The van der Waals surface area contributed by atoms with E-state index < -0.39 is 0 Å². The number of aryl methyl sites for hydroxylation is 1. The number of rotatable bonds is 3. The second kappa shape index (κ2) is 4.21. The van der Waals surface area contributed by atoms with Gasteiger partial charge in [-0.05, 0) is 17.7 Å². The summed E-state index contributed by atoms with van der Waals surface area (Å²) in [6.07, 6.45) is 3.15. The van der Waals surface area contributed by atoms with Crippen LogP contribution in [0.4, 0.5) is 5.69 Å². The zero-order chi connectivity index (χ0) is 11.7. The molecule has 0 unspecified atom stereocenters. The Morgan fingerprint density at radius 3 is 2.75 bits per heavy atom.